The van der Waals surface area contributed by atoms with Crippen molar-refractivity contribution in [2.24, 2.45) is 0 Å². The minimum absolute atomic E-state index is 0.0678. The van der Waals surface area contributed by atoms with Crippen molar-refractivity contribution < 1.29 is 4.79 Å². The predicted molar refractivity (Wildman–Crippen MR) is 76.7 cm³/mol. The molecule has 17 heavy (non-hydrogen) atoms. The molecule has 1 aromatic rings. The highest BCUT2D eigenvalue weighted by molar-refractivity contribution is 8.01. The van der Waals surface area contributed by atoms with Gasteiger partial charge in [-0.3, -0.25) is 4.79 Å². The van der Waals surface area contributed by atoms with Crippen molar-refractivity contribution in [3.63, 3.8) is 0 Å². The highest BCUT2D eigenvalue weighted by Gasteiger charge is 2.13. The first-order valence-corrected chi connectivity index (χ1v) is 6.92. The summed E-state index contributed by atoms with van der Waals surface area (Å²) in [4.78, 5) is 11.7. The Balaban J connectivity index is 2.50. The summed E-state index contributed by atoms with van der Waals surface area (Å²) in [6.07, 6.45) is 0.987. The van der Waals surface area contributed by atoms with Crippen LogP contribution in [0, 0.1) is 0 Å². The number of aryl methyl sites for hydroxylation is 1. The SMILES string of the molecule is CCc1cccc(NC(=O)CSC(C)(C)C)c1. The third-order valence-electron chi connectivity index (χ3n) is 2.26. The molecule has 2 nitrogen and oxygen atoms in total. The first-order chi connectivity index (χ1) is 7.90. The molecule has 3 heteroatoms. The van der Waals surface area contributed by atoms with Gasteiger partial charge in [-0.1, -0.05) is 39.8 Å². The van der Waals surface area contributed by atoms with Crippen LogP contribution in [0.25, 0.3) is 0 Å². The third kappa shape index (κ3) is 5.78. The van der Waals surface area contributed by atoms with Crippen LogP contribution in [-0.2, 0) is 11.2 Å². The fourth-order valence-corrected chi connectivity index (χ4v) is 1.98. The van der Waals surface area contributed by atoms with E-state index in [9.17, 15) is 4.79 Å². The zero-order valence-electron chi connectivity index (χ0n) is 11.0. The molecule has 0 fully saturated rings. The predicted octanol–water partition coefficient (Wildman–Crippen LogP) is 3.72. The molecule has 0 heterocycles. The standard InChI is InChI=1S/C14H21NOS/c1-5-11-7-6-8-12(9-11)15-13(16)10-17-14(2,3)4/h6-9H,5,10H2,1-4H3,(H,15,16). The van der Waals surface area contributed by atoms with Crippen molar-refractivity contribution in [2.75, 3.05) is 11.1 Å². The number of hydrogen-bond donors (Lipinski definition) is 1. The normalized spacial score (nSPS) is 11.3. The number of thioether (sulfide) groups is 1. The first-order valence-electron chi connectivity index (χ1n) is 5.93. The lowest BCUT2D eigenvalue weighted by Crippen LogP contribution is -2.18. The second-order valence-corrected chi connectivity index (χ2v) is 6.81. The van der Waals surface area contributed by atoms with Crippen LogP contribution in [0.3, 0.4) is 0 Å². The largest absolute Gasteiger partial charge is 0.325 e. The van der Waals surface area contributed by atoms with Crippen LogP contribution in [0.2, 0.25) is 0 Å². The van der Waals surface area contributed by atoms with Gasteiger partial charge in [0.25, 0.3) is 0 Å². The Morgan fingerprint density at radius 1 is 1.35 bits per heavy atom. The van der Waals surface area contributed by atoms with Crippen molar-refractivity contribution in [1.29, 1.82) is 0 Å². The Bertz CT molecular complexity index is 382. The van der Waals surface area contributed by atoms with E-state index < -0.39 is 0 Å². The Kier molecular flexibility index (Phi) is 5.06. The van der Waals surface area contributed by atoms with Crippen molar-refractivity contribution in [3.8, 4) is 0 Å². The van der Waals surface area contributed by atoms with E-state index in [2.05, 4.69) is 39.1 Å². The molecule has 94 valence electrons. The van der Waals surface area contributed by atoms with Gasteiger partial charge >= 0.3 is 0 Å². The summed E-state index contributed by atoms with van der Waals surface area (Å²) >= 11 is 1.66. The quantitative estimate of drug-likeness (QED) is 0.883. The van der Waals surface area contributed by atoms with Gasteiger partial charge in [-0.05, 0) is 24.1 Å². The summed E-state index contributed by atoms with van der Waals surface area (Å²) in [6, 6.07) is 8.00. The minimum atomic E-state index is 0.0678. The lowest BCUT2D eigenvalue weighted by molar-refractivity contribution is -0.113. The van der Waals surface area contributed by atoms with Gasteiger partial charge in [-0.2, -0.15) is 0 Å². The maximum atomic E-state index is 11.7. The monoisotopic (exact) mass is 251 g/mol. The highest BCUT2D eigenvalue weighted by atomic mass is 32.2. The molecule has 0 saturated heterocycles. The molecule has 0 aliphatic carbocycles. The molecule has 0 aromatic heterocycles. The molecule has 0 aliphatic heterocycles. The summed E-state index contributed by atoms with van der Waals surface area (Å²) in [5.74, 6) is 0.568. The second kappa shape index (κ2) is 6.10. The number of rotatable bonds is 4. The molecular weight excluding hydrogens is 230 g/mol. The maximum absolute atomic E-state index is 11.7. The van der Waals surface area contributed by atoms with Crippen LogP contribution < -0.4 is 5.32 Å². The topological polar surface area (TPSA) is 29.1 Å². The smallest absolute Gasteiger partial charge is 0.234 e. The van der Waals surface area contributed by atoms with E-state index in [0.717, 1.165) is 12.1 Å². The number of benzene rings is 1. The molecule has 1 amide bonds. The van der Waals surface area contributed by atoms with Crippen LogP contribution in [0.1, 0.15) is 33.3 Å². The van der Waals surface area contributed by atoms with Gasteiger partial charge in [0.1, 0.15) is 0 Å². The zero-order valence-corrected chi connectivity index (χ0v) is 11.9. The van der Waals surface area contributed by atoms with Gasteiger partial charge in [0.15, 0.2) is 0 Å². The first kappa shape index (κ1) is 14.1. The van der Waals surface area contributed by atoms with E-state index in [1.165, 1.54) is 5.56 Å². The third-order valence-corrected chi connectivity index (χ3v) is 3.53. The van der Waals surface area contributed by atoms with E-state index in [0.29, 0.717) is 5.75 Å². The van der Waals surface area contributed by atoms with Gasteiger partial charge in [0.05, 0.1) is 5.75 Å². The fraction of sp³-hybridized carbons (Fsp3) is 0.500. The Morgan fingerprint density at radius 2 is 2.06 bits per heavy atom. The van der Waals surface area contributed by atoms with Crippen LogP contribution in [-0.4, -0.2) is 16.4 Å². The van der Waals surface area contributed by atoms with Gasteiger partial charge in [-0.25, -0.2) is 0 Å². The number of hydrogen-bond acceptors (Lipinski definition) is 2. The molecule has 0 radical (unpaired) electrons. The molecule has 1 aromatic carbocycles. The number of amides is 1. The lowest BCUT2D eigenvalue weighted by atomic mass is 10.1. The highest BCUT2D eigenvalue weighted by Crippen LogP contribution is 2.23. The molecule has 0 unspecified atom stereocenters. The van der Waals surface area contributed by atoms with E-state index >= 15 is 0 Å². The summed E-state index contributed by atoms with van der Waals surface area (Å²) < 4.78 is 0.128. The lowest BCUT2D eigenvalue weighted by Gasteiger charge is -2.17. The average molecular weight is 251 g/mol. The minimum Gasteiger partial charge on any atom is -0.325 e. The van der Waals surface area contributed by atoms with Crippen LogP contribution in [0.15, 0.2) is 24.3 Å². The van der Waals surface area contributed by atoms with E-state index in [1.54, 1.807) is 11.8 Å². The van der Waals surface area contributed by atoms with Gasteiger partial charge < -0.3 is 5.32 Å². The average Bonchev–Trinajstić information content (AvgIpc) is 2.26. The van der Waals surface area contributed by atoms with Crippen molar-refractivity contribution in [3.05, 3.63) is 29.8 Å². The van der Waals surface area contributed by atoms with Crippen LogP contribution in [0.5, 0.6) is 0 Å². The van der Waals surface area contributed by atoms with Gasteiger partial charge in [0, 0.05) is 10.4 Å². The van der Waals surface area contributed by atoms with Crippen LogP contribution >= 0.6 is 11.8 Å². The molecule has 0 spiro atoms. The van der Waals surface area contributed by atoms with E-state index in [-0.39, 0.29) is 10.7 Å². The molecule has 0 aliphatic rings. The molecule has 0 bridgehead atoms. The summed E-state index contributed by atoms with van der Waals surface area (Å²) in [6.45, 7) is 8.45. The number of carbonyl (C=O) groups excluding carboxylic acids is 1. The van der Waals surface area contributed by atoms with Crippen LogP contribution in [0.4, 0.5) is 5.69 Å². The Labute approximate surface area is 108 Å². The van der Waals surface area contributed by atoms with Gasteiger partial charge in [-0.15, -0.1) is 11.8 Å². The van der Waals surface area contributed by atoms with Crippen molar-refractivity contribution >= 4 is 23.4 Å². The summed E-state index contributed by atoms with van der Waals surface area (Å²) in [5, 5.41) is 2.93. The van der Waals surface area contributed by atoms with Gasteiger partial charge in [0.2, 0.25) is 5.91 Å². The number of carbonyl (C=O) groups is 1. The molecule has 0 saturated carbocycles. The van der Waals surface area contributed by atoms with E-state index in [4.69, 9.17) is 0 Å². The molecular formula is C14H21NOS. The molecule has 1 N–H and O–H groups in total. The molecule has 0 atom stereocenters. The fourth-order valence-electron chi connectivity index (χ4n) is 1.35. The summed E-state index contributed by atoms with van der Waals surface area (Å²) in [5.41, 5.74) is 2.13. The Hall–Kier alpha value is -0.960. The van der Waals surface area contributed by atoms with Crippen molar-refractivity contribution in [2.45, 2.75) is 38.9 Å². The number of anilines is 1. The Morgan fingerprint density at radius 3 is 2.65 bits per heavy atom. The number of nitrogens with one attached hydrogen (secondary N) is 1. The van der Waals surface area contributed by atoms with Crippen molar-refractivity contribution in [1.82, 2.24) is 0 Å². The van der Waals surface area contributed by atoms with E-state index in [1.807, 2.05) is 18.2 Å². The second-order valence-electron chi connectivity index (χ2n) is 5.00. The summed E-state index contributed by atoms with van der Waals surface area (Å²) in [7, 11) is 0. The molecule has 1 rings (SSSR count). The zero-order chi connectivity index (χ0) is 12.9. The maximum Gasteiger partial charge on any atom is 0.234 e.